The molecule has 164 valence electrons. The van der Waals surface area contributed by atoms with E-state index in [4.69, 9.17) is 5.26 Å². The number of nitriles is 1. The van der Waals surface area contributed by atoms with Crippen LogP contribution in [-0.4, -0.2) is 35.3 Å². The second-order valence-electron chi connectivity index (χ2n) is 4.74. The second kappa shape index (κ2) is 7.85. The van der Waals surface area contributed by atoms with Crippen molar-refractivity contribution in [3.63, 3.8) is 0 Å². The van der Waals surface area contributed by atoms with E-state index in [0.29, 0.717) is 18.2 Å². The molecule has 0 aliphatic rings. The Morgan fingerprint density at radius 2 is 0.931 bits per heavy atom. The number of alkyl halides is 12. The molecule has 0 amide bonds. The first-order chi connectivity index (χ1) is 12.8. The molecule has 0 fully saturated rings. The lowest BCUT2D eigenvalue weighted by Gasteiger charge is -2.37. The molecule has 0 heterocycles. The van der Waals surface area contributed by atoms with Crippen LogP contribution in [0.25, 0.3) is 0 Å². The maximum atomic E-state index is 12.7. The molecular weight excluding hydrogens is 446 g/mol. The van der Waals surface area contributed by atoms with E-state index in [1.54, 1.807) is 0 Å². The Balaban J connectivity index is 3.66. The third-order valence-corrected chi connectivity index (χ3v) is 2.66. The van der Waals surface area contributed by atoms with Crippen molar-refractivity contribution < 1.29 is 62.4 Å². The Labute approximate surface area is 152 Å². The fourth-order valence-corrected chi connectivity index (χ4v) is 1.64. The second-order valence-corrected chi connectivity index (χ2v) is 4.74. The topological polar surface area (TPSA) is 48.7 Å². The molecule has 0 radical (unpaired) electrons. The van der Waals surface area contributed by atoms with Gasteiger partial charge in [-0.2, -0.15) is 57.9 Å². The fourth-order valence-electron chi connectivity index (χ4n) is 1.64. The summed E-state index contributed by atoms with van der Waals surface area (Å²) in [4.78, 5) is 6.56. The summed E-state index contributed by atoms with van der Waals surface area (Å²) in [5, 5.41) is 3.22. The lowest BCUT2D eigenvalue weighted by atomic mass is 10.1. The number of benzene rings is 1. The van der Waals surface area contributed by atoms with Gasteiger partial charge in [0.1, 0.15) is 6.07 Å². The average molecular weight is 451 g/mol. The van der Waals surface area contributed by atoms with Crippen LogP contribution in [0.15, 0.2) is 30.3 Å². The third-order valence-electron chi connectivity index (χ3n) is 2.66. The minimum Gasteiger partial charge on any atom is -0.227 e. The predicted octanol–water partition coefficient (Wildman–Crippen LogP) is 4.91. The molecule has 1 aromatic rings. The molecule has 1 aromatic carbocycles. The molecule has 5 nitrogen and oxygen atoms in total. The van der Waals surface area contributed by atoms with Gasteiger partial charge in [-0.25, -0.2) is 9.68 Å². The van der Waals surface area contributed by atoms with Gasteiger partial charge in [0.25, 0.3) is 0 Å². The van der Waals surface area contributed by atoms with Crippen molar-refractivity contribution in [2.75, 3.05) is 0 Å². The van der Waals surface area contributed by atoms with Gasteiger partial charge >= 0.3 is 31.0 Å². The van der Waals surface area contributed by atoms with E-state index < -0.39 is 46.7 Å². The first-order valence-electron chi connectivity index (χ1n) is 6.57. The monoisotopic (exact) mass is 451 g/mol. The number of hydrogen-bond acceptors (Lipinski definition) is 5. The number of hydroxylamine groups is 4. The highest BCUT2D eigenvalue weighted by atomic mass is 19.4. The lowest BCUT2D eigenvalue weighted by molar-refractivity contribution is -0.574. The maximum Gasteiger partial charge on any atom is 0.490 e. The van der Waals surface area contributed by atoms with Crippen LogP contribution in [0.4, 0.5) is 52.7 Å². The minimum atomic E-state index is -6.54. The van der Waals surface area contributed by atoms with Gasteiger partial charge in [-0.3, -0.25) is 0 Å². The predicted molar refractivity (Wildman–Crippen MR) is 63.8 cm³/mol. The molecule has 0 saturated heterocycles. The van der Waals surface area contributed by atoms with Gasteiger partial charge in [0.05, 0.1) is 0 Å². The fraction of sp³-hybridized carbons (Fsp3) is 0.417. The van der Waals surface area contributed by atoms with Gasteiger partial charge in [0.15, 0.2) is 0 Å². The van der Waals surface area contributed by atoms with Crippen LogP contribution in [0.1, 0.15) is 5.56 Å². The van der Waals surface area contributed by atoms with E-state index in [0.717, 1.165) is 18.2 Å². The first kappa shape index (κ1) is 24.7. The molecule has 0 unspecified atom stereocenters. The zero-order valence-electron chi connectivity index (χ0n) is 13.1. The molecule has 0 aromatic heterocycles. The van der Waals surface area contributed by atoms with Crippen LogP contribution in [0.2, 0.25) is 0 Å². The highest BCUT2D eigenvalue weighted by molar-refractivity contribution is 5.25. The smallest absolute Gasteiger partial charge is 0.227 e. The number of rotatable bonds is 5. The Morgan fingerprint density at radius 1 is 0.621 bits per heavy atom. The van der Waals surface area contributed by atoms with Gasteiger partial charge in [-0.05, 0) is 0 Å². The summed E-state index contributed by atoms with van der Waals surface area (Å²) in [6.45, 7) is 0. The average Bonchev–Trinajstić information content (AvgIpc) is 2.51. The van der Waals surface area contributed by atoms with Crippen molar-refractivity contribution in [2.45, 2.75) is 31.0 Å². The lowest BCUT2D eigenvalue weighted by Crippen LogP contribution is -2.57. The number of halogens is 12. The maximum absolute atomic E-state index is 12.7. The van der Waals surface area contributed by atoms with E-state index in [1.165, 1.54) is 0 Å². The molecule has 17 heteroatoms. The Morgan fingerprint density at radius 3 is 1.17 bits per heavy atom. The zero-order chi connectivity index (χ0) is 22.9. The van der Waals surface area contributed by atoms with Crippen molar-refractivity contribution in [2.24, 2.45) is 0 Å². The van der Waals surface area contributed by atoms with Crippen LogP contribution >= 0.6 is 0 Å². The molecule has 0 atom stereocenters. The number of nitrogens with zero attached hydrogens (tertiary/aromatic N) is 3. The van der Waals surface area contributed by atoms with Gasteiger partial charge < -0.3 is 0 Å². The van der Waals surface area contributed by atoms with Crippen LogP contribution in [0.3, 0.4) is 0 Å². The van der Waals surface area contributed by atoms with E-state index in [2.05, 4.69) is 9.68 Å². The van der Waals surface area contributed by atoms with Gasteiger partial charge in [0, 0.05) is 15.7 Å². The summed E-state index contributed by atoms with van der Waals surface area (Å²) in [6, 6.07) is 3.73. The van der Waals surface area contributed by atoms with Gasteiger partial charge in [-0.15, -0.1) is 0 Å². The third kappa shape index (κ3) is 6.09. The molecule has 0 N–H and O–H groups in total. The summed E-state index contributed by atoms with van der Waals surface area (Å²) in [7, 11) is 0. The quantitative estimate of drug-likeness (QED) is 0.276. The summed E-state index contributed by atoms with van der Waals surface area (Å²) in [5.74, 6) is -4.52. The first-order valence-corrected chi connectivity index (χ1v) is 6.57. The van der Waals surface area contributed by atoms with E-state index in [9.17, 15) is 52.7 Å². The molecule has 29 heavy (non-hydrogen) atoms. The van der Waals surface area contributed by atoms with Crippen molar-refractivity contribution in [1.82, 2.24) is 10.1 Å². The largest absolute Gasteiger partial charge is 0.490 e. The molecule has 0 aliphatic carbocycles. The standard InChI is InChI=1S/C12H5F12N3O2/c13-9(14,15)26(10(16,17)18)28-8(6-25,7-4-2-1-3-5-7)29-27(11(19,20)21)12(22,23)24/h1-5H. The Kier molecular flexibility index (Phi) is 6.70. The van der Waals surface area contributed by atoms with Crippen molar-refractivity contribution >= 4 is 0 Å². The molecule has 1 rings (SSSR count). The van der Waals surface area contributed by atoms with E-state index >= 15 is 0 Å². The highest BCUT2D eigenvalue weighted by Gasteiger charge is 2.64. The molecule has 0 bridgehead atoms. The zero-order valence-corrected chi connectivity index (χ0v) is 13.1. The van der Waals surface area contributed by atoms with Gasteiger partial charge in [-0.1, -0.05) is 30.3 Å². The van der Waals surface area contributed by atoms with Crippen LogP contribution in [-0.2, 0) is 15.5 Å². The summed E-state index contributed by atoms with van der Waals surface area (Å²) in [6.07, 6.45) is -26.2. The Hall–Kier alpha value is -2.29. The van der Waals surface area contributed by atoms with Crippen molar-refractivity contribution in [3.8, 4) is 6.07 Å². The summed E-state index contributed by atoms with van der Waals surface area (Å²) in [5.41, 5.74) is -1.35. The molecule has 0 spiro atoms. The summed E-state index contributed by atoms with van der Waals surface area (Å²) >= 11 is 0. The van der Waals surface area contributed by atoms with Crippen LogP contribution in [0, 0.1) is 11.3 Å². The van der Waals surface area contributed by atoms with Crippen molar-refractivity contribution in [3.05, 3.63) is 35.9 Å². The number of hydrogen-bond donors (Lipinski definition) is 0. The molecule has 0 saturated carbocycles. The van der Waals surface area contributed by atoms with E-state index in [-0.39, 0.29) is 0 Å². The van der Waals surface area contributed by atoms with Crippen LogP contribution < -0.4 is 0 Å². The Bertz CT molecular complexity index is 657. The summed E-state index contributed by atoms with van der Waals surface area (Å²) < 4.78 is 152. The van der Waals surface area contributed by atoms with Crippen LogP contribution in [0.5, 0.6) is 0 Å². The van der Waals surface area contributed by atoms with E-state index in [1.807, 2.05) is 0 Å². The minimum absolute atomic E-state index is 0.353. The molecule has 0 aliphatic heterocycles. The van der Waals surface area contributed by atoms with Gasteiger partial charge in [0.2, 0.25) is 0 Å². The highest BCUT2D eigenvalue weighted by Crippen LogP contribution is 2.43. The molecular formula is C12H5F12N3O2. The SMILES string of the molecule is N#CC(ON(C(F)(F)F)C(F)(F)F)(ON(C(F)(F)F)C(F)(F)F)c1ccccc1. The normalized spacial score (nSPS) is 14.4. The van der Waals surface area contributed by atoms with Crippen molar-refractivity contribution in [1.29, 1.82) is 5.26 Å².